The van der Waals surface area contributed by atoms with E-state index in [1.165, 1.54) is 0 Å². The number of amides is 1. The van der Waals surface area contributed by atoms with E-state index in [-0.39, 0.29) is 18.9 Å². The van der Waals surface area contributed by atoms with E-state index in [0.29, 0.717) is 26.1 Å². The number of carbonyl (C=O) groups excluding carboxylic acids is 1. The monoisotopic (exact) mass is 321 g/mol. The third-order valence-electron chi connectivity index (χ3n) is 3.85. The summed E-state index contributed by atoms with van der Waals surface area (Å²) in [4.78, 5) is 23.4. The van der Waals surface area contributed by atoms with Crippen LogP contribution >= 0.6 is 0 Å². The van der Waals surface area contributed by atoms with Crippen molar-refractivity contribution < 1.29 is 24.2 Å². The lowest BCUT2D eigenvalue weighted by Crippen LogP contribution is -2.55. The molecule has 1 aliphatic rings. The summed E-state index contributed by atoms with van der Waals surface area (Å²) >= 11 is 0. The summed E-state index contributed by atoms with van der Waals surface area (Å²) < 4.78 is 10.6. The molecule has 0 spiro atoms. The van der Waals surface area contributed by atoms with E-state index in [4.69, 9.17) is 9.47 Å². The molecule has 6 heteroatoms. The Morgan fingerprint density at radius 2 is 2.09 bits per heavy atom. The number of hydrogen-bond donors (Lipinski definition) is 2. The number of carbonyl (C=O) groups is 2. The van der Waals surface area contributed by atoms with Crippen molar-refractivity contribution in [1.29, 1.82) is 0 Å². The van der Waals surface area contributed by atoms with Gasteiger partial charge in [0, 0.05) is 19.4 Å². The lowest BCUT2D eigenvalue weighted by atomic mass is 9.98. The van der Waals surface area contributed by atoms with Crippen molar-refractivity contribution in [3.8, 4) is 5.75 Å². The van der Waals surface area contributed by atoms with Crippen molar-refractivity contribution in [3.63, 3.8) is 0 Å². The highest BCUT2D eigenvalue weighted by Crippen LogP contribution is 2.19. The van der Waals surface area contributed by atoms with E-state index in [2.05, 4.69) is 5.32 Å². The van der Waals surface area contributed by atoms with Gasteiger partial charge in [-0.15, -0.1) is 0 Å². The first-order valence-corrected chi connectivity index (χ1v) is 7.89. The molecule has 6 nitrogen and oxygen atoms in total. The fraction of sp³-hybridized carbons (Fsp3) is 0.529. The number of nitrogens with one attached hydrogen (secondary N) is 1. The van der Waals surface area contributed by atoms with Crippen LogP contribution in [0.15, 0.2) is 24.3 Å². The summed E-state index contributed by atoms with van der Waals surface area (Å²) in [6.07, 6.45) is 2.05. The molecular formula is C17H23NO5. The van der Waals surface area contributed by atoms with Gasteiger partial charge < -0.3 is 19.9 Å². The number of benzene rings is 1. The number of carboxylic acids is 1. The Balaban J connectivity index is 1.83. The molecule has 2 N–H and O–H groups in total. The van der Waals surface area contributed by atoms with E-state index in [0.717, 1.165) is 17.7 Å². The highest BCUT2D eigenvalue weighted by Gasteiger charge is 2.43. The Hall–Kier alpha value is -2.08. The van der Waals surface area contributed by atoms with E-state index in [1.54, 1.807) is 0 Å². The zero-order chi connectivity index (χ0) is 16.7. The third kappa shape index (κ3) is 4.69. The van der Waals surface area contributed by atoms with Gasteiger partial charge in [-0.25, -0.2) is 4.79 Å². The van der Waals surface area contributed by atoms with E-state index in [9.17, 15) is 14.7 Å². The molecule has 1 aromatic carbocycles. The van der Waals surface area contributed by atoms with Crippen molar-refractivity contribution in [2.24, 2.45) is 0 Å². The molecule has 1 aliphatic heterocycles. The van der Waals surface area contributed by atoms with Gasteiger partial charge >= 0.3 is 5.97 Å². The quantitative estimate of drug-likeness (QED) is 0.762. The van der Waals surface area contributed by atoms with Crippen molar-refractivity contribution >= 4 is 11.9 Å². The van der Waals surface area contributed by atoms with Crippen LogP contribution in [0.1, 0.15) is 31.7 Å². The Bertz CT molecular complexity index is 534. The second-order valence-electron chi connectivity index (χ2n) is 5.73. The fourth-order valence-electron chi connectivity index (χ4n) is 2.45. The van der Waals surface area contributed by atoms with Crippen molar-refractivity contribution in [2.75, 3.05) is 19.8 Å². The lowest BCUT2D eigenvalue weighted by Gasteiger charge is -2.23. The molecule has 1 amide bonds. The van der Waals surface area contributed by atoms with Crippen LogP contribution in [-0.2, 0) is 20.7 Å². The first kappa shape index (κ1) is 17.3. The smallest absolute Gasteiger partial charge is 0.331 e. The molecule has 2 rings (SSSR count). The number of aliphatic carboxylic acids is 1. The molecule has 1 unspecified atom stereocenters. The van der Waals surface area contributed by atoms with Gasteiger partial charge in [-0.05, 0) is 30.5 Å². The standard InChI is InChI=1S/C17H23NO5/c1-2-10-23-14-6-3-13(4-7-14)5-8-15(19)18-17(16(20)21)9-11-22-12-17/h3-4,6-7H,2,5,8-12H2,1H3,(H,18,19)(H,20,21). The number of carboxylic acid groups (broad SMARTS) is 1. The van der Waals surface area contributed by atoms with Crippen LogP contribution in [0.3, 0.4) is 0 Å². The van der Waals surface area contributed by atoms with E-state index >= 15 is 0 Å². The van der Waals surface area contributed by atoms with Gasteiger partial charge in [-0.1, -0.05) is 19.1 Å². The first-order valence-electron chi connectivity index (χ1n) is 7.89. The minimum atomic E-state index is -1.27. The van der Waals surface area contributed by atoms with Gasteiger partial charge in [0.25, 0.3) is 0 Å². The highest BCUT2D eigenvalue weighted by atomic mass is 16.5. The van der Waals surface area contributed by atoms with Gasteiger partial charge in [0.2, 0.25) is 5.91 Å². The largest absolute Gasteiger partial charge is 0.494 e. The molecule has 0 radical (unpaired) electrons. The molecule has 126 valence electrons. The van der Waals surface area contributed by atoms with Crippen LogP contribution < -0.4 is 10.1 Å². The Kier molecular flexibility index (Phi) is 5.98. The maximum Gasteiger partial charge on any atom is 0.331 e. The molecule has 0 aromatic heterocycles. The predicted octanol–water partition coefficient (Wildman–Crippen LogP) is 1.77. The number of rotatable bonds is 8. The summed E-state index contributed by atoms with van der Waals surface area (Å²) in [5, 5.41) is 11.9. The summed E-state index contributed by atoms with van der Waals surface area (Å²) in [6, 6.07) is 7.60. The van der Waals surface area contributed by atoms with Gasteiger partial charge in [0.1, 0.15) is 5.75 Å². The molecule has 23 heavy (non-hydrogen) atoms. The first-order chi connectivity index (χ1) is 11.1. The third-order valence-corrected chi connectivity index (χ3v) is 3.85. The zero-order valence-corrected chi connectivity index (χ0v) is 13.3. The van der Waals surface area contributed by atoms with E-state index < -0.39 is 11.5 Å². The van der Waals surface area contributed by atoms with Crippen LogP contribution in [-0.4, -0.2) is 42.3 Å². The van der Waals surface area contributed by atoms with Crippen molar-refractivity contribution in [1.82, 2.24) is 5.32 Å². The van der Waals surface area contributed by atoms with E-state index in [1.807, 2.05) is 31.2 Å². The summed E-state index contributed by atoms with van der Waals surface area (Å²) in [5.41, 5.74) is -0.259. The average molecular weight is 321 g/mol. The second kappa shape index (κ2) is 7.97. The molecule has 1 atom stereocenters. The fourth-order valence-corrected chi connectivity index (χ4v) is 2.45. The molecule has 0 aliphatic carbocycles. The molecule has 1 fully saturated rings. The normalized spacial score (nSPS) is 20.2. The van der Waals surface area contributed by atoms with Gasteiger partial charge in [0.15, 0.2) is 5.54 Å². The van der Waals surface area contributed by atoms with Crippen LogP contribution in [0.4, 0.5) is 0 Å². The van der Waals surface area contributed by atoms with Crippen LogP contribution in [0.25, 0.3) is 0 Å². The minimum absolute atomic E-state index is 0.0253. The van der Waals surface area contributed by atoms with Crippen LogP contribution in [0.5, 0.6) is 5.75 Å². The predicted molar refractivity (Wildman–Crippen MR) is 84.5 cm³/mol. The highest BCUT2D eigenvalue weighted by molar-refractivity contribution is 5.87. The maximum atomic E-state index is 12.0. The van der Waals surface area contributed by atoms with Crippen LogP contribution in [0, 0.1) is 0 Å². The summed E-state index contributed by atoms with van der Waals surface area (Å²) in [6.45, 7) is 3.11. The Morgan fingerprint density at radius 3 is 2.65 bits per heavy atom. The summed E-state index contributed by atoms with van der Waals surface area (Å²) in [5.74, 6) is -0.502. The molecule has 0 saturated carbocycles. The van der Waals surface area contributed by atoms with Crippen LogP contribution in [0.2, 0.25) is 0 Å². The van der Waals surface area contributed by atoms with Gasteiger partial charge in [-0.3, -0.25) is 4.79 Å². The molecule has 1 heterocycles. The Labute approximate surface area is 135 Å². The minimum Gasteiger partial charge on any atom is -0.494 e. The molecular weight excluding hydrogens is 298 g/mol. The number of hydrogen-bond acceptors (Lipinski definition) is 4. The molecule has 0 bridgehead atoms. The number of aryl methyl sites for hydroxylation is 1. The van der Waals surface area contributed by atoms with Crippen molar-refractivity contribution in [3.05, 3.63) is 29.8 Å². The molecule has 1 saturated heterocycles. The SMILES string of the molecule is CCCOc1ccc(CCC(=O)NC2(C(=O)O)CCOC2)cc1. The Morgan fingerprint density at radius 1 is 1.35 bits per heavy atom. The zero-order valence-electron chi connectivity index (χ0n) is 13.3. The average Bonchev–Trinajstić information content (AvgIpc) is 3.02. The lowest BCUT2D eigenvalue weighted by molar-refractivity contribution is -0.147. The second-order valence-corrected chi connectivity index (χ2v) is 5.73. The van der Waals surface area contributed by atoms with Gasteiger partial charge in [-0.2, -0.15) is 0 Å². The number of ether oxygens (including phenoxy) is 2. The summed E-state index contributed by atoms with van der Waals surface area (Å²) in [7, 11) is 0. The molecule has 1 aromatic rings. The van der Waals surface area contributed by atoms with Crippen molar-refractivity contribution in [2.45, 2.75) is 38.1 Å². The maximum absolute atomic E-state index is 12.0. The van der Waals surface area contributed by atoms with Gasteiger partial charge in [0.05, 0.1) is 13.2 Å². The topological polar surface area (TPSA) is 84.9 Å².